The minimum Gasteiger partial charge on any atom is -0.381 e. The predicted molar refractivity (Wildman–Crippen MR) is 75.1 cm³/mol. The predicted octanol–water partition coefficient (Wildman–Crippen LogP) is 1.04. The lowest BCUT2D eigenvalue weighted by atomic mass is 10.1. The van der Waals surface area contributed by atoms with E-state index in [-0.39, 0.29) is 23.5 Å². The maximum atomic E-state index is 11.7. The first kappa shape index (κ1) is 13.9. The van der Waals surface area contributed by atoms with E-state index in [4.69, 9.17) is 0 Å². The number of anilines is 1. The zero-order chi connectivity index (χ0) is 13.9. The fraction of sp³-hybridized carbons (Fsp3) is 0.462. The first-order valence-electron chi connectivity index (χ1n) is 6.35. The standard InChI is InChI=1S/C13H18N2O3S/c1-2-14-13(16)10-4-3-5-11(8-10)15-12-6-7-19(17,18)9-12/h3-5,8,12,15H,2,6-7,9H2,1H3,(H,14,16). The fourth-order valence-corrected chi connectivity index (χ4v) is 3.83. The van der Waals surface area contributed by atoms with Crippen molar-refractivity contribution in [3.63, 3.8) is 0 Å². The zero-order valence-electron chi connectivity index (χ0n) is 10.8. The minimum atomic E-state index is -2.89. The molecule has 1 atom stereocenters. The maximum absolute atomic E-state index is 11.7. The highest BCUT2D eigenvalue weighted by Gasteiger charge is 2.27. The van der Waals surface area contributed by atoms with Crippen LogP contribution in [0.15, 0.2) is 24.3 Å². The number of nitrogens with one attached hydrogen (secondary N) is 2. The van der Waals surface area contributed by atoms with Crippen LogP contribution in [0.4, 0.5) is 5.69 Å². The van der Waals surface area contributed by atoms with Crippen LogP contribution in [0, 0.1) is 0 Å². The molecule has 0 aliphatic carbocycles. The van der Waals surface area contributed by atoms with Crippen molar-refractivity contribution < 1.29 is 13.2 Å². The summed E-state index contributed by atoms with van der Waals surface area (Å²) in [7, 11) is -2.89. The molecule has 1 aliphatic rings. The van der Waals surface area contributed by atoms with Gasteiger partial charge in [-0.05, 0) is 31.5 Å². The van der Waals surface area contributed by atoms with Gasteiger partial charge in [-0.25, -0.2) is 8.42 Å². The van der Waals surface area contributed by atoms with Crippen LogP contribution in [0.2, 0.25) is 0 Å². The van der Waals surface area contributed by atoms with E-state index in [0.29, 0.717) is 18.5 Å². The second-order valence-corrected chi connectivity index (χ2v) is 6.91. The summed E-state index contributed by atoms with van der Waals surface area (Å²) in [4.78, 5) is 11.7. The molecular weight excluding hydrogens is 264 g/mol. The molecule has 1 fully saturated rings. The van der Waals surface area contributed by atoms with Crippen LogP contribution in [0.5, 0.6) is 0 Å². The van der Waals surface area contributed by atoms with Crippen LogP contribution in [-0.2, 0) is 9.84 Å². The quantitative estimate of drug-likeness (QED) is 0.865. The second-order valence-electron chi connectivity index (χ2n) is 4.68. The molecule has 1 heterocycles. The summed E-state index contributed by atoms with van der Waals surface area (Å²) >= 11 is 0. The van der Waals surface area contributed by atoms with Gasteiger partial charge >= 0.3 is 0 Å². The summed E-state index contributed by atoms with van der Waals surface area (Å²) in [6, 6.07) is 7.05. The topological polar surface area (TPSA) is 75.3 Å². The van der Waals surface area contributed by atoms with Gasteiger partial charge in [0.2, 0.25) is 0 Å². The van der Waals surface area contributed by atoms with E-state index in [1.165, 1.54) is 0 Å². The molecule has 1 amide bonds. The Kier molecular flexibility index (Phi) is 4.09. The van der Waals surface area contributed by atoms with Crippen LogP contribution >= 0.6 is 0 Å². The highest BCUT2D eigenvalue weighted by molar-refractivity contribution is 7.91. The van der Waals surface area contributed by atoms with Crippen LogP contribution in [0.1, 0.15) is 23.7 Å². The number of carbonyl (C=O) groups is 1. The highest BCUT2D eigenvalue weighted by Crippen LogP contribution is 2.18. The Morgan fingerprint density at radius 1 is 1.42 bits per heavy atom. The number of sulfone groups is 1. The largest absolute Gasteiger partial charge is 0.381 e. The molecule has 0 spiro atoms. The van der Waals surface area contributed by atoms with Crippen LogP contribution in [0.25, 0.3) is 0 Å². The molecule has 2 N–H and O–H groups in total. The summed E-state index contributed by atoms with van der Waals surface area (Å²) in [5, 5.41) is 5.91. The summed E-state index contributed by atoms with van der Waals surface area (Å²) in [5.41, 5.74) is 1.36. The van der Waals surface area contributed by atoms with Gasteiger partial charge in [0.25, 0.3) is 5.91 Å². The molecule has 0 bridgehead atoms. The lowest BCUT2D eigenvalue weighted by molar-refractivity contribution is 0.0956. The van der Waals surface area contributed by atoms with Gasteiger partial charge in [-0.2, -0.15) is 0 Å². The van der Waals surface area contributed by atoms with Crippen LogP contribution in [-0.4, -0.2) is 38.4 Å². The third-order valence-corrected chi connectivity index (χ3v) is 4.83. The molecule has 6 heteroatoms. The van der Waals surface area contributed by atoms with Crippen molar-refractivity contribution in [1.29, 1.82) is 0 Å². The molecule has 104 valence electrons. The van der Waals surface area contributed by atoms with Crippen LogP contribution in [0.3, 0.4) is 0 Å². The summed E-state index contributed by atoms with van der Waals surface area (Å²) in [6.45, 7) is 2.45. The Morgan fingerprint density at radius 2 is 2.21 bits per heavy atom. The van der Waals surface area contributed by atoms with E-state index in [2.05, 4.69) is 10.6 Å². The van der Waals surface area contributed by atoms with Crippen molar-refractivity contribution >= 4 is 21.4 Å². The number of hydrogen-bond acceptors (Lipinski definition) is 4. The highest BCUT2D eigenvalue weighted by atomic mass is 32.2. The van der Waals surface area contributed by atoms with Crippen molar-refractivity contribution in [2.24, 2.45) is 0 Å². The molecule has 1 aromatic carbocycles. The molecule has 1 unspecified atom stereocenters. The van der Waals surface area contributed by atoms with Gasteiger partial charge in [0, 0.05) is 23.8 Å². The maximum Gasteiger partial charge on any atom is 0.251 e. The molecule has 2 rings (SSSR count). The Morgan fingerprint density at radius 3 is 2.84 bits per heavy atom. The molecule has 1 saturated heterocycles. The molecule has 0 aromatic heterocycles. The van der Waals surface area contributed by atoms with Gasteiger partial charge in [0.05, 0.1) is 11.5 Å². The lowest BCUT2D eigenvalue weighted by Gasteiger charge is -2.13. The number of amides is 1. The fourth-order valence-electron chi connectivity index (χ4n) is 2.16. The number of benzene rings is 1. The van der Waals surface area contributed by atoms with E-state index in [0.717, 1.165) is 5.69 Å². The smallest absolute Gasteiger partial charge is 0.251 e. The van der Waals surface area contributed by atoms with E-state index in [1.807, 2.05) is 13.0 Å². The number of hydrogen-bond donors (Lipinski definition) is 2. The van der Waals surface area contributed by atoms with Gasteiger partial charge in [-0.15, -0.1) is 0 Å². The van der Waals surface area contributed by atoms with Gasteiger partial charge in [-0.3, -0.25) is 4.79 Å². The molecule has 1 aliphatic heterocycles. The molecular formula is C13H18N2O3S. The number of carbonyl (C=O) groups excluding carboxylic acids is 1. The monoisotopic (exact) mass is 282 g/mol. The summed E-state index contributed by atoms with van der Waals surface area (Å²) < 4.78 is 22.8. The van der Waals surface area contributed by atoms with Gasteiger partial charge in [0.1, 0.15) is 0 Å². The van der Waals surface area contributed by atoms with Gasteiger partial charge in [-0.1, -0.05) is 6.07 Å². The lowest BCUT2D eigenvalue weighted by Crippen LogP contribution is -2.23. The van der Waals surface area contributed by atoms with Gasteiger partial charge in [0.15, 0.2) is 9.84 Å². The first-order valence-corrected chi connectivity index (χ1v) is 8.17. The molecule has 0 saturated carbocycles. The van der Waals surface area contributed by atoms with E-state index in [1.54, 1.807) is 18.2 Å². The van der Waals surface area contributed by atoms with Crippen molar-refractivity contribution in [1.82, 2.24) is 5.32 Å². The molecule has 19 heavy (non-hydrogen) atoms. The normalized spacial score (nSPS) is 21.0. The third-order valence-electron chi connectivity index (χ3n) is 3.07. The Balaban J connectivity index is 2.05. The van der Waals surface area contributed by atoms with Crippen molar-refractivity contribution in [3.05, 3.63) is 29.8 Å². The average Bonchev–Trinajstić information content (AvgIpc) is 2.69. The van der Waals surface area contributed by atoms with Gasteiger partial charge < -0.3 is 10.6 Å². The Labute approximate surface area is 113 Å². The third kappa shape index (κ3) is 3.70. The summed E-state index contributed by atoms with van der Waals surface area (Å²) in [5.74, 6) is 0.282. The summed E-state index contributed by atoms with van der Waals surface area (Å²) in [6.07, 6.45) is 0.619. The van der Waals surface area contributed by atoms with Crippen LogP contribution < -0.4 is 10.6 Å². The zero-order valence-corrected chi connectivity index (χ0v) is 11.7. The van der Waals surface area contributed by atoms with E-state index in [9.17, 15) is 13.2 Å². The second kappa shape index (κ2) is 5.61. The van der Waals surface area contributed by atoms with Crippen molar-refractivity contribution in [2.45, 2.75) is 19.4 Å². The van der Waals surface area contributed by atoms with E-state index >= 15 is 0 Å². The molecule has 0 radical (unpaired) electrons. The van der Waals surface area contributed by atoms with Crippen molar-refractivity contribution in [3.8, 4) is 0 Å². The SMILES string of the molecule is CCNC(=O)c1cccc(NC2CCS(=O)(=O)C2)c1. The average molecular weight is 282 g/mol. The number of rotatable bonds is 4. The Bertz CT molecular complexity index is 569. The first-order chi connectivity index (χ1) is 9.00. The van der Waals surface area contributed by atoms with E-state index < -0.39 is 9.84 Å². The molecule has 5 nitrogen and oxygen atoms in total. The Hall–Kier alpha value is -1.56. The minimum absolute atomic E-state index is 0.0607. The van der Waals surface area contributed by atoms with Crippen molar-refractivity contribution in [2.75, 3.05) is 23.4 Å². The molecule has 1 aromatic rings.